The zero-order valence-corrected chi connectivity index (χ0v) is 18.3. The molecule has 0 bridgehead atoms. The second-order valence-electron chi connectivity index (χ2n) is 9.92. The highest BCUT2D eigenvalue weighted by Crippen LogP contribution is 2.29. The van der Waals surface area contributed by atoms with E-state index in [1.54, 1.807) is 0 Å². The van der Waals surface area contributed by atoms with Crippen LogP contribution in [0.4, 0.5) is 0 Å². The number of hydrogen-bond donors (Lipinski definition) is 2. The predicted octanol–water partition coefficient (Wildman–Crippen LogP) is 3.71. The van der Waals surface area contributed by atoms with Gasteiger partial charge in [0.15, 0.2) is 5.78 Å². The summed E-state index contributed by atoms with van der Waals surface area (Å²) in [5, 5.41) is 5.76. The van der Waals surface area contributed by atoms with Gasteiger partial charge in [0.2, 0.25) is 11.8 Å². The molecule has 0 spiro atoms. The first-order valence-corrected chi connectivity index (χ1v) is 9.74. The molecule has 5 heteroatoms. The van der Waals surface area contributed by atoms with Crippen LogP contribution in [0, 0.1) is 22.7 Å². The smallest absolute Gasteiger partial charge is 0.223 e. The lowest BCUT2D eigenvalue weighted by molar-refractivity contribution is -0.135. The van der Waals surface area contributed by atoms with E-state index in [2.05, 4.69) is 31.4 Å². The van der Waals surface area contributed by atoms with E-state index in [-0.39, 0.29) is 34.8 Å². The molecule has 152 valence electrons. The van der Waals surface area contributed by atoms with Crippen molar-refractivity contribution in [1.82, 2.24) is 10.6 Å². The Kier molecular flexibility index (Phi) is 9.54. The molecule has 0 saturated carbocycles. The Hall–Kier alpha value is -1.39. The minimum atomic E-state index is -0.524. The minimum Gasteiger partial charge on any atom is -0.356 e. The molecule has 0 rings (SSSR count). The van der Waals surface area contributed by atoms with Crippen molar-refractivity contribution in [3.63, 3.8) is 0 Å². The maximum Gasteiger partial charge on any atom is 0.223 e. The summed E-state index contributed by atoms with van der Waals surface area (Å²) >= 11 is 0. The van der Waals surface area contributed by atoms with Crippen molar-refractivity contribution in [2.45, 2.75) is 87.6 Å². The van der Waals surface area contributed by atoms with Crippen molar-refractivity contribution in [3.05, 3.63) is 0 Å². The SMILES string of the molecule is CC(=O)NCCCC(NC(=O)C(CC(C)(C)C)C(C)C)C(=O)C(C)(C)C. The topological polar surface area (TPSA) is 75.3 Å². The van der Waals surface area contributed by atoms with E-state index in [1.165, 1.54) is 6.92 Å². The number of nitrogens with one attached hydrogen (secondary N) is 2. The average molecular weight is 369 g/mol. The van der Waals surface area contributed by atoms with Crippen molar-refractivity contribution >= 4 is 17.6 Å². The molecular weight excluding hydrogens is 328 g/mol. The molecule has 2 N–H and O–H groups in total. The Bertz CT molecular complexity index is 484. The highest BCUT2D eigenvalue weighted by Gasteiger charge is 2.34. The molecule has 0 heterocycles. The Morgan fingerprint density at radius 3 is 1.88 bits per heavy atom. The second-order valence-corrected chi connectivity index (χ2v) is 9.92. The van der Waals surface area contributed by atoms with Crippen LogP contribution in [0.2, 0.25) is 0 Å². The molecule has 0 aliphatic rings. The molecule has 0 aromatic heterocycles. The van der Waals surface area contributed by atoms with Gasteiger partial charge in [-0.1, -0.05) is 55.4 Å². The number of carbonyl (C=O) groups is 3. The first kappa shape index (κ1) is 24.6. The molecule has 0 aromatic carbocycles. The molecule has 2 amide bonds. The Labute approximate surface area is 160 Å². The molecular formula is C21H40N2O3. The number of rotatable bonds is 9. The van der Waals surface area contributed by atoms with Gasteiger partial charge in [0, 0.05) is 24.8 Å². The quantitative estimate of drug-likeness (QED) is 0.609. The van der Waals surface area contributed by atoms with E-state index in [1.807, 2.05) is 34.6 Å². The fourth-order valence-corrected chi connectivity index (χ4v) is 2.93. The van der Waals surface area contributed by atoms with Crippen molar-refractivity contribution in [1.29, 1.82) is 0 Å². The van der Waals surface area contributed by atoms with Gasteiger partial charge in [0.1, 0.15) is 0 Å². The molecule has 0 aliphatic carbocycles. The maximum atomic E-state index is 12.9. The molecule has 0 saturated heterocycles. The van der Waals surface area contributed by atoms with E-state index < -0.39 is 11.5 Å². The summed E-state index contributed by atoms with van der Waals surface area (Å²) in [5.41, 5.74) is -0.482. The zero-order valence-electron chi connectivity index (χ0n) is 18.3. The first-order valence-electron chi connectivity index (χ1n) is 9.74. The van der Waals surface area contributed by atoms with Crippen LogP contribution in [-0.4, -0.2) is 30.2 Å². The Balaban J connectivity index is 5.14. The third-order valence-electron chi connectivity index (χ3n) is 4.39. The summed E-state index contributed by atoms with van der Waals surface area (Å²) in [6, 6.07) is -0.516. The Morgan fingerprint density at radius 2 is 1.50 bits per heavy atom. The van der Waals surface area contributed by atoms with Crippen molar-refractivity contribution in [2.24, 2.45) is 22.7 Å². The van der Waals surface area contributed by atoms with Gasteiger partial charge >= 0.3 is 0 Å². The zero-order chi connectivity index (χ0) is 20.7. The largest absolute Gasteiger partial charge is 0.356 e. The van der Waals surface area contributed by atoms with Crippen LogP contribution in [0.1, 0.15) is 81.6 Å². The van der Waals surface area contributed by atoms with Crippen LogP contribution in [0.3, 0.4) is 0 Å². The van der Waals surface area contributed by atoms with Crippen LogP contribution >= 0.6 is 0 Å². The molecule has 0 aliphatic heterocycles. The first-order chi connectivity index (χ1) is 11.6. The van der Waals surface area contributed by atoms with Gasteiger partial charge in [-0.05, 0) is 30.6 Å². The van der Waals surface area contributed by atoms with Gasteiger partial charge in [-0.2, -0.15) is 0 Å². The van der Waals surface area contributed by atoms with E-state index >= 15 is 0 Å². The molecule has 26 heavy (non-hydrogen) atoms. The van der Waals surface area contributed by atoms with E-state index in [4.69, 9.17) is 0 Å². The lowest BCUT2D eigenvalue weighted by Gasteiger charge is -2.31. The third kappa shape index (κ3) is 9.93. The number of Topliss-reactive ketones (excluding diaryl/α,β-unsaturated/α-hetero) is 1. The number of carbonyl (C=O) groups excluding carboxylic acids is 3. The van der Waals surface area contributed by atoms with Gasteiger partial charge in [-0.15, -0.1) is 0 Å². The van der Waals surface area contributed by atoms with Gasteiger partial charge in [-0.3, -0.25) is 14.4 Å². The van der Waals surface area contributed by atoms with Crippen molar-refractivity contribution in [3.8, 4) is 0 Å². The van der Waals surface area contributed by atoms with Gasteiger partial charge in [0.25, 0.3) is 0 Å². The molecule has 2 unspecified atom stereocenters. The Morgan fingerprint density at radius 1 is 0.962 bits per heavy atom. The van der Waals surface area contributed by atoms with Crippen LogP contribution in [0.15, 0.2) is 0 Å². The lowest BCUT2D eigenvalue weighted by Crippen LogP contribution is -2.49. The predicted molar refractivity (Wildman–Crippen MR) is 107 cm³/mol. The second kappa shape index (κ2) is 10.1. The summed E-state index contributed by atoms with van der Waals surface area (Å²) in [5.74, 6) is -0.0126. The fourth-order valence-electron chi connectivity index (χ4n) is 2.93. The molecule has 5 nitrogen and oxygen atoms in total. The molecule has 0 fully saturated rings. The minimum absolute atomic E-state index is 0.0342. The van der Waals surface area contributed by atoms with Gasteiger partial charge < -0.3 is 10.6 Å². The van der Waals surface area contributed by atoms with Crippen LogP contribution in [-0.2, 0) is 14.4 Å². The summed E-state index contributed by atoms with van der Waals surface area (Å²) < 4.78 is 0. The normalized spacial score (nSPS) is 14.7. The fraction of sp³-hybridized carbons (Fsp3) is 0.857. The average Bonchev–Trinajstić information content (AvgIpc) is 2.44. The van der Waals surface area contributed by atoms with Crippen molar-refractivity contribution < 1.29 is 14.4 Å². The number of hydrogen-bond acceptors (Lipinski definition) is 3. The van der Waals surface area contributed by atoms with Gasteiger partial charge in [0.05, 0.1) is 6.04 Å². The molecule has 0 radical (unpaired) electrons. The van der Waals surface area contributed by atoms with E-state index in [0.717, 1.165) is 6.42 Å². The highest BCUT2D eigenvalue weighted by atomic mass is 16.2. The summed E-state index contributed by atoms with van der Waals surface area (Å²) in [4.78, 5) is 36.7. The molecule has 0 aromatic rings. The number of amides is 2. The summed E-state index contributed by atoms with van der Waals surface area (Å²) in [6.45, 7) is 18.1. The van der Waals surface area contributed by atoms with Gasteiger partial charge in [-0.25, -0.2) is 0 Å². The molecule has 2 atom stereocenters. The standard InChI is InChI=1S/C21H40N2O3/c1-14(2)16(13-20(4,5)6)19(26)23-17(18(25)21(7,8)9)11-10-12-22-15(3)24/h14,16-17H,10-13H2,1-9H3,(H,22,24)(H,23,26). The van der Waals surface area contributed by atoms with Crippen LogP contribution in [0.5, 0.6) is 0 Å². The van der Waals surface area contributed by atoms with Crippen molar-refractivity contribution in [2.75, 3.05) is 6.54 Å². The number of ketones is 1. The highest BCUT2D eigenvalue weighted by molar-refractivity contribution is 5.92. The van der Waals surface area contributed by atoms with Crippen LogP contribution < -0.4 is 10.6 Å². The van der Waals surface area contributed by atoms with E-state index in [9.17, 15) is 14.4 Å². The maximum absolute atomic E-state index is 12.9. The summed E-state index contributed by atoms with van der Waals surface area (Å²) in [6.07, 6.45) is 1.96. The summed E-state index contributed by atoms with van der Waals surface area (Å²) in [7, 11) is 0. The third-order valence-corrected chi connectivity index (χ3v) is 4.39. The van der Waals surface area contributed by atoms with E-state index in [0.29, 0.717) is 19.4 Å². The monoisotopic (exact) mass is 368 g/mol. The van der Waals surface area contributed by atoms with Crippen LogP contribution in [0.25, 0.3) is 0 Å². The lowest BCUT2D eigenvalue weighted by atomic mass is 9.78.